The maximum atomic E-state index is 12.6. The lowest BCUT2D eigenvalue weighted by molar-refractivity contribution is -0.132. The van der Waals surface area contributed by atoms with Crippen molar-refractivity contribution in [3.05, 3.63) is 42.2 Å². The van der Waals surface area contributed by atoms with Crippen molar-refractivity contribution in [1.29, 1.82) is 0 Å². The van der Waals surface area contributed by atoms with Gasteiger partial charge in [0, 0.05) is 12.8 Å². The summed E-state index contributed by atoms with van der Waals surface area (Å²) in [7, 11) is 1.00. The van der Waals surface area contributed by atoms with E-state index in [1.807, 2.05) is 0 Å². The minimum Gasteiger partial charge on any atom is -0.465 e. The van der Waals surface area contributed by atoms with E-state index in [0.717, 1.165) is 13.2 Å². The Morgan fingerprint density at radius 1 is 1.30 bits per heavy atom. The van der Waals surface area contributed by atoms with Gasteiger partial charge in [-0.25, -0.2) is 4.39 Å². The molecule has 7 nitrogen and oxygen atoms in total. The molecule has 0 atom stereocenters. The quantitative estimate of drug-likeness (QED) is 0.409. The zero-order valence-electron chi connectivity index (χ0n) is 16.0. The number of anilines is 1. The summed E-state index contributed by atoms with van der Waals surface area (Å²) in [4.78, 5) is 30.7. The Morgan fingerprint density at radius 3 is 2.22 bits per heavy atom. The molecule has 27 heavy (non-hydrogen) atoms. The van der Waals surface area contributed by atoms with E-state index < -0.39 is 24.1 Å². The van der Waals surface area contributed by atoms with Gasteiger partial charge < -0.3 is 20.9 Å². The van der Waals surface area contributed by atoms with Crippen LogP contribution in [0.3, 0.4) is 0 Å². The Morgan fingerprint density at radius 2 is 1.89 bits per heavy atom. The fourth-order valence-corrected chi connectivity index (χ4v) is 1.63. The number of carbonyl (C=O) groups excluding carboxylic acids is 3. The SMILES string of the molecule is C1=CCCC1.CC(C)OC=O.CO.NC(=O)CC(=O)Nc1cccc(F)c1. The van der Waals surface area contributed by atoms with Crippen molar-refractivity contribution in [3.63, 3.8) is 0 Å². The van der Waals surface area contributed by atoms with Crippen LogP contribution < -0.4 is 11.1 Å². The van der Waals surface area contributed by atoms with Gasteiger partial charge in [0.05, 0.1) is 6.10 Å². The molecule has 0 aliphatic heterocycles. The zero-order chi connectivity index (χ0) is 21.1. The summed E-state index contributed by atoms with van der Waals surface area (Å²) in [6.07, 6.45) is 8.12. The molecule has 0 aromatic heterocycles. The third-order valence-electron chi connectivity index (χ3n) is 2.68. The van der Waals surface area contributed by atoms with Gasteiger partial charge in [-0.3, -0.25) is 14.4 Å². The highest BCUT2D eigenvalue weighted by Gasteiger charge is 2.05. The number of amides is 2. The Kier molecular flexibility index (Phi) is 17.7. The molecule has 1 aliphatic rings. The van der Waals surface area contributed by atoms with Gasteiger partial charge in [-0.2, -0.15) is 0 Å². The molecule has 0 saturated carbocycles. The van der Waals surface area contributed by atoms with Crippen molar-refractivity contribution in [1.82, 2.24) is 0 Å². The molecule has 2 amide bonds. The molecule has 0 saturated heterocycles. The normalized spacial score (nSPS) is 10.9. The predicted molar refractivity (Wildman–Crippen MR) is 102 cm³/mol. The number of benzene rings is 1. The number of carbonyl (C=O) groups is 3. The highest BCUT2D eigenvalue weighted by atomic mass is 19.1. The van der Waals surface area contributed by atoms with Gasteiger partial charge in [0.25, 0.3) is 6.47 Å². The molecule has 2 rings (SSSR count). The van der Waals surface area contributed by atoms with Crippen molar-refractivity contribution in [2.24, 2.45) is 5.73 Å². The van der Waals surface area contributed by atoms with Crippen molar-refractivity contribution >= 4 is 24.0 Å². The molecule has 1 aromatic carbocycles. The Labute approximate surface area is 159 Å². The maximum absolute atomic E-state index is 12.6. The van der Waals surface area contributed by atoms with Crippen LogP contribution in [0.4, 0.5) is 10.1 Å². The van der Waals surface area contributed by atoms with Crippen molar-refractivity contribution in [2.45, 2.75) is 45.6 Å². The van der Waals surface area contributed by atoms with Gasteiger partial charge in [-0.05, 0) is 51.3 Å². The van der Waals surface area contributed by atoms with E-state index in [4.69, 9.17) is 10.8 Å². The smallest absolute Gasteiger partial charge is 0.293 e. The Hall–Kier alpha value is -2.74. The molecule has 0 unspecified atom stereocenters. The number of nitrogens with two attached hydrogens (primary N) is 1. The maximum Gasteiger partial charge on any atom is 0.293 e. The molecule has 1 aromatic rings. The molecule has 0 bridgehead atoms. The number of halogens is 1. The molecule has 4 N–H and O–H groups in total. The third-order valence-corrected chi connectivity index (χ3v) is 2.68. The average molecular weight is 384 g/mol. The van der Waals surface area contributed by atoms with Crippen LogP contribution in [0, 0.1) is 5.82 Å². The first kappa shape index (κ1) is 26.5. The lowest BCUT2D eigenvalue weighted by Gasteiger charge is -2.02. The fraction of sp³-hybridized carbons (Fsp3) is 0.421. The predicted octanol–water partition coefficient (Wildman–Crippen LogP) is 2.54. The molecular weight excluding hydrogens is 355 g/mol. The van der Waals surface area contributed by atoms with E-state index in [-0.39, 0.29) is 6.10 Å². The molecule has 0 heterocycles. The topological polar surface area (TPSA) is 119 Å². The minimum absolute atomic E-state index is 0.0301. The number of nitrogens with one attached hydrogen (secondary N) is 1. The highest BCUT2D eigenvalue weighted by molar-refractivity contribution is 6.02. The number of rotatable bonds is 5. The lowest BCUT2D eigenvalue weighted by atomic mass is 10.3. The van der Waals surface area contributed by atoms with Crippen LogP contribution in [0.5, 0.6) is 0 Å². The van der Waals surface area contributed by atoms with E-state index >= 15 is 0 Å². The first-order valence-electron chi connectivity index (χ1n) is 8.37. The van der Waals surface area contributed by atoms with Crippen molar-refractivity contribution in [2.75, 3.05) is 12.4 Å². The number of ether oxygens (including phenoxy) is 1. The molecule has 0 fully saturated rings. The average Bonchev–Trinajstić information content (AvgIpc) is 3.16. The Bertz CT molecular complexity index is 571. The minimum atomic E-state index is -0.723. The fourth-order valence-electron chi connectivity index (χ4n) is 1.63. The van der Waals surface area contributed by atoms with Crippen LogP contribution in [0.25, 0.3) is 0 Å². The van der Waals surface area contributed by atoms with Crippen LogP contribution in [-0.2, 0) is 19.1 Å². The summed E-state index contributed by atoms with van der Waals surface area (Å²) in [5.41, 5.74) is 5.11. The largest absolute Gasteiger partial charge is 0.465 e. The first-order chi connectivity index (χ1) is 12.8. The van der Waals surface area contributed by atoms with Gasteiger partial charge in [-0.15, -0.1) is 0 Å². The summed E-state index contributed by atoms with van der Waals surface area (Å²) >= 11 is 0. The molecule has 0 spiro atoms. The second kappa shape index (κ2) is 18.1. The molecule has 8 heteroatoms. The van der Waals surface area contributed by atoms with Crippen LogP contribution >= 0.6 is 0 Å². The van der Waals surface area contributed by atoms with E-state index in [1.54, 1.807) is 13.8 Å². The second-order valence-corrected chi connectivity index (χ2v) is 5.38. The van der Waals surface area contributed by atoms with Crippen LogP contribution in [-0.4, -0.2) is 36.6 Å². The summed E-state index contributed by atoms with van der Waals surface area (Å²) in [6.45, 7) is 4.05. The first-order valence-corrected chi connectivity index (χ1v) is 8.37. The van der Waals surface area contributed by atoms with Gasteiger partial charge in [-0.1, -0.05) is 18.2 Å². The summed E-state index contributed by atoms with van der Waals surface area (Å²) in [5.74, 6) is -1.73. The summed E-state index contributed by atoms with van der Waals surface area (Å²) < 4.78 is 17.0. The molecule has 152 valence electrons. The van der Waals surface area contributed by atoms with Gasteiger partial charge in [0.2, 0.25) is 11.8 Å². The van der Waals surface area contributed by atoms with Crippen molar-refractivity contribution in [3.8, 4) is 0 Å². The van der Waals surface area contributed by atoms with E-state index in [1.165, 1.54) is 37.5 Å². The van der Waals surface area contributed by atoms with Crippen LogP contribution in [0.15, 0.2) is 36.4 Å². The molecule has 0 radical (unpaired) electrons. The number of hydrogen-bond acceptors (Lipinski definition) is 5. The van der Waals surface area contributed by atoms with E-state index in [9.17, 15) is 18.8 Å². The van der Waals surface area contributed by atoms with E-state index in [2.05, 4.69) is 22.2 Å². The van der Waals surface area contributed by atoms with Crippen molar-refractivity contribution < 1.29 is 28.6 Å². The molecular formula is C19H29FN2O5. The van der Waals surface area contributed by atoms with E-state index in [0.29, 0.717) is 12.2 Å². The number of aliphatic hydroxyl groups excluding tert-OH is 1. The lowest BCUT2D eigenvalue weighted by Crippen LogP contribution is -2.21. The van der Waals surface area contributed by atoms with Gasteiger partial charge >= 0.3 is 0 Å². The van der Waals surface area contributed by atoms with Gasteiger partial charge in [0.1, 0.15) is 12.2 Å². The standard InChI is InChI=1S/C9H9FN2O2.C5H8.C4H8O2.CH4O/c10-6-2-1-3-7(4-6)12-9(14)5-8(11)13;1-2-4-5-3-1;1-4(2)6-3-5;1-2/h1-4H,5H2,(H2,11,13)(H,12,14);1-2H,3-5H2;3-4H,1-2H3;2H,1H3. The number of hydrogen-bond donors (Lipinski definition) is 3. The van der Waals surface area contributed by atoms with Crippen LogP contribution in [0.2, 0.25) is 0 Å². The number of allylic oxidation sites excluding steroid dienone is 2. The second-order valence-electron chi connectivity index (χ2n) is 5.38. The molecule has 1 aliphatic carbocycles. The number of primary amides is 1. The van der Waals surface area contributed by atoms with Crippen LogP contribution in [0.1, 0.15) is 39.5 Å². The number of aliphatic hydroxyl groups is 1. The van der Waals surface area contributed by atoms with Gasteiger partial charge in [0.15, 0.2) is 0 Å². The zero-order valence-corrected chi connectivity index (χ0v) is 16.0. The monoisotopic (exact) mass is 384 g/mol. The summed E-state index contributed by atoms with van der Waals surface area (Å²) in [5, 5.41) is 9.33. The highest BCUT2D eigenvalue weighted by Crippen LogP contribution is 2.09. The summed E-state index contributed by atoms with van der Waals surface area (Å²) in [6, 6.07) is 5.37. The Balaban J connectivity index is 0. The third kappa shape index (κ3) is 19.4.